The number of aliphatic hydroxyl groups is 1. The highest BCUT2D eigenvalue weighted by Crippen LogP contribution is 2.29. The third-order valence-electron chi connectivity index (χ3n) is 5.87. The smallest absolute Gasteiger partial charge is 0.166 e. The van der Waals surface area contributed by atoms with Crippen molar-refractivity contribution < 1.29 is 14.6 Å². The molecule has 0 amide bonds. The lowest BCUT2D eigenvalue weighted by atomic mass is 9.90. The third-order valence-corrected chi connectivity index (χ3v) is 5.87. The van der Waals surface area contributed by atoms with Crippen LogP contribution in [0.5, 0.6) is 0 Å². The Labute approximate surface area is 198 Å². The van der Waals surface area contributed by atoms with Crippen LogP contribution in [0.4, 0.5) is 0 Å². The van der Waals surface area contributed by atoms with Crippen molar-refractivity contribution in [3.8, 4) is 0 Å². The number of rotatable bonds is 14. The summed E-state index contributed by atoms with van der Waals surface area (Å²) >= 11 is 0. The SMILES string of the molecule is C=CN=C/C=C/CC(=O)/C(C=C)=C/C(=C/CN)C1=CC(CC(O)OCC2CCCC2)=CCC1. The molecule has 1 fully saturated rings. The molecule has 2 aliphatic rings. The number of aliphatic imine (C=N–C) groups is 1. The molecule has 178 valence electrons. The number of ether oxygens (including phenoxy) is 1. The molecule has 0 heterocycles. The minimum atomic E-state index is -0.799. The van der Waals surface area contributed by atoms with E-state index in [-0.39, 0.29) is 12.2 Å². The number of ketones is 1. The summed E-state index contributed by atoms with van der Waals surface area (Å²) in [6.45, 7) is 8.32. The van der Waals surface area contributed by atoms with Gasteiger partial charge in [0.2, 0.25) is 0 Å². The minimum absolute atomic E-state index is 0.0286. The van der Waals surface area contributed by atoms with Crippen molar-refractivity contribution >= 4 is 12.0 Å². The number of allylic oxidation sites excluding steroid dienone is 9. The zero-order valence-electron chi connectivity index (χ0n) is 19.6. The molecule has 0 aromatic carbocycles. The van der Waals surface area contributed by atoms with Gasteiger partial charge >= 0.3 is 0 Å². The molecule has 5 nitrogen and oxygen atoms in total. The summed E-state index contributed by atoms with van der Waals surface area (Å²) in [6.07, 6.45) is 22.6. The summed E-state index contributed by atoms with van der Waals surface area (Å²) in [4.78, 5) is 16.5. The number of nitrogens with zero attached hydrogens (tertiary/aromatic N) is 1. The average molecular weight is 451 g/mol. The number of hydrogen-bond donors (Lipinski definition) is 2. The lowest BCUT2D eigenvalue weighted by Crippen LogP contribution is -2.17. The van der Waals surface area contributed by atoms with E-state index in [2.05, 4.69) is 30.3 Å². The van der Waals surface area contributed by atoms with Crippen molar-refractivity contribution in [2.24, 2.45) is 16.6 Å². The molecule has 2 rings (SSSR count). The van der Waals surface area contributed by atoms with E-state index in [4.69, 9.17) is 10.5 Å². The van der Waals surface area contributed by atoms with E-state index < -0.39 is 6.29 Å². The second kappa shape index (κ2) is 15.3. The Hall–Kier alpha value is -2.60. The van der Waals surface area contributed by atoms with Crippen LogP contribution >= 0.6 is 0 Å². The monoisotopic (exact) mass is 450 g/mol. The third kappa shape index (κ3) is 9.82. The molecule has 0 spiro atoms. The van der Waals surface area contributed by atoms with Crippen molar-refractivity contribution in [3.63, 3.8) is 0 Å². The highest BCUT2D eigenvalue weighted by atomic mass is 16.6. The van der Waals surface area contributed by atoms with Gasteiger partial charge < -0.3 is 15.6 Å². The van der Waals surface area contributed by atoms with Crippen molar-refractivity contribution in [3.05, 3.63) is 84.2 Å². The average Bonchev–Trinajstić information content (AvgIpc) is 3.34. The zero-order valence-corrected chi connectivity index (χ0v) is 19.6. The number of aliphatic hydroxyl groups excluding tert-OH is 1. The van der Waals surface area contributed by atoms with Crippen LogP contribution in [0, 0.1) is 5.92 Å². The number of hydrogen-bond acceptors (Lipinski definition) is 5. The molecule has 0 bridgehead atoms. The van der Waals surface area contributed by atoms with Crippen LogP contribution in [0.1, 0.15) is 51.4 Å². The first kappa shape index (κ1) is 26.7. The summed E-state index contributed by atoms with van der Waals surface area (Å²) in [7, 11) is 0. The molecule has 5 heteroatoms. The molecule has 3 N–H and O–H groups in total. The largest absolute Gasteiger partial charge is 0.368 e. The van der Waals surface area contributed by atoms with Gasteiger partial charge in [0.15, 0.2) is 12.1 Å². The minimum Gasteiger partial charge on any atom is -0.368 e. The maximum atomic E-state index is 12.6. The summed E-state index contributed by atoms with van der Waals surface area (Å²) in [5, 5.41) is 10.4. The first-order chi connectivity index (χ1) is 16.1. The van der Waals surface area contributed by atoms with Crippen molar-refractivity contribution in [2.45, 2.75) is 57.7 Å². The predicted molar refractivity (Wildman–Crippen MR) is 137 cm³/mol. The van der Waals surface area contributed by atoms with E-state index in [1.165, 1.54) is 31.9 Å². The van der Waals surface area contributed by atoms with Crippen LogP contribution in [0.3, 0.4) is 0 Å². The van der Waals surface area contributed by atoms with E-state index in [1.54, 1.807) is 24.4 Å². The van der Waals surface area contributed by atoms with E-state index in [0.717, 1.165) is 29.6 Å². The summed E-state index contributed by atoms with van der Waals surface area (Å²) in [5.74, 6) is 0.549. The molecule has 0 aromatic heterocycles. The molecule has 1 saturated carbocycles. The number of carbonyl (C=O) groups excluding carboxylic acids is 1. The number of nitrogens with two attached hydrogens (primary N) is 1. The van der Waals surface area contributed by atoms with Crippen LogP contribution in [-0.4, -0.2) is 36.5 Å². The van der Waals surface area contributed by atoms with Crippen LogP contribution in [-0.2, 0) is 9.53 Å². The normalized spacial score (nSPS) is 19.1. The van der Waals surface area contributed by atoms with Gasteiger partial charge in [-0.25, -0.2) is 0 Å². The van der Waals surface area contributed by atoms with Crippen LogP contribution in [0.2, 0.25) is 0 Å². The van der Waals surface area contributed by atoms with Gasteiger partial charge in [-0.15, -0.1) is 0 Å². The van der Waals surface area contributed by atoms with Gasteiger partial charge in [-0.1, -0.05) is 56.4 Å². The first-order valence-electron chi connectivity index (χ1n) is 11.8. The van der Waals surface area contributed by atoms with Crippen molar-refractivity contribution in [1.29, 1.82) is 0 Å². The van der Waals surface area contributed by atoms with Gasteiger partial charge in [0.25, 0.3) is 0 Å². The fourth-order valence-corrected chi connectivity index (χ4v) is 4.12. The van der Waals surface area contributed by atoms with Gasteiger partial charge in [-0.05, 0) is 60.5 Å². The molecule has 0 radical (unpaired) electrons. The molecule has 1 unspecified atom stereocenters. The van der Waals surface area contributed by atoms with E-state index in [9.17, 15) is 9.90 Å². The second-order valence-corrected chi connectivity index (χ2v) is 8.37. The predicted octanol–water partition coefficient (Wildman–Crippen LogP) is 5.28. The maximum absolute atomic E-state index is 12.6. The van der Waals surface area contributed by atoms with E-state index in [0.29, 0.717) is 31.1 Å². The summed E-state index contributed by atoms with van der Waals surface area (Å²) < 4.78 is 5.71. The van der Waals surface area contributed by atoms with E-state index in [1.807, 2.05) is 12.2 Å². The highest BCUT2D eigenvalue weighted by molar-refractivity contribution is 5.99. The summed E-state index contributed by atoms with van der Waals surface area (Å²) in [6, 6.07) is 0. The Kier molecular flexibility index (Phi) is 12.3. The summed E-state index contributed by atoms with van der Waals surface area (Å²) in [5.41, 5.74) is 9.42. The fourth-order valence-electron chi connectivity index (χ4n) is 4.12. The van der Waals surface area contributed by atoms with Crippen LogP contribution in [0.15, 0.2) is 89.2 Å². The Morgan fingerprint density at radius 2 is 2.12 bits per heavy atom. The molecule has 33 heavy (non-hydrogen) atoms. The Morgan fingerprint density at radius 3 is 2.82 bits per heavy atom. The zero-order chi connectivity index (χ0) is 23.9. The second-order valence-electron chi connectivity index (χ2n) is 8.37. The first-order valence-corrected chi connectivity index (χ1v) is 11.8. The Morgan fingerprint density at radius 1 is 1.33 bits per heavy atom. The highest BCUT2D eigenvalue weighted by Gasteiger charge is 2.18. The molecular weight excluding hydrogens is 412 g/mol. The van der Waals surface area contributed by atoms with Crippen molar-refractivity contribution in [1.82, 2.24) is 0 Å². The number of Topliss-reactive ketones (excluding diaryl/α,β-unsaturated/α-hetero) is 1. The van der Waals surface area contributed by atoms with Gasteiger partial charge in [-0.2, -0.15) is 0 Å². The topological polar surface area (TPSA) is 84.9 Å². The van der Waals surface area contributed by atoms with E-state index >= 15 is 0 Å². The quantitative estimate of drug-likeness (QED) is 0.163. The molecule has 1 atom stereocenters. The molecular formula is C28H38N2O3. The van der Waals surface area contributed by atoms with Gasteiger partial charge in [0.1, 0.15) is 0 Å². The molecule has 0 saturated heterocycles. The van der Waals surface area contributed by atoms with Gasteiger partial charge in [0.05, 0.1) is 6.61 Å². The molecule has 0 aromatic rings. The van der Waals surface area contributed by atoms with Crippen molar-refractivity contribution in [2.75, 3.05) is 13.2 Å². The molecule has 2 aliphatic carbocycles. The Balaban J connectivity index is 2.04. The Bertz CT molecular complexity index is 852. The standard InChI is InChI=1S/C28H38N2O3/c1-3-24(27(31)14-7-8-17-30-4-2)20-26(15-16-29)25-13-9-12-23(18-25)19-28(32)33-21-22-10-5-6-11-22/h3-4,7-8,12,15,17-18,20,22,28,32H,1-2,5-6,9-11,13-14,16,19,21,29H2/b8-7+,24-20+,26-15-,30-17?. The maximum Gasteiger partial charge on any atom is 0.166 e. The van der Waals surface area contributed by atoms with Gasteiger partial charge in [0, 0.05) is 37.4 Å². The number of carbonyl (C=O) groups is 1. The van der Waals surface area contributed by atoms with Crippen LogP contribution < -0.4 is 5.73 Å². The molecule has 0 aliphatic heterocycles. The lowest BCUT2D eigenvalue weighted by molar-refractivity contribution is -0.114. The fraction of sp³-hybridized carbons (Fsp3) is 0.429. The van der Waals surface area contributed by atoms with Crippen LogP contribution in [0.25, 0.3) is 0 Å². The van der Waals surface area contributed by atoms with Gasteiger partial charge in [-0.3, -0.25) is 9.79 Å². The lowest BCUT2D eigenvalue weighted by Gasteiger charge is -2.19.